The van der Waals surface area contributed by atoms with Gasteiger partial charge in [0.05, 0.1) is 66.0 Å². The second-order valence-electron chi connectivity index (χ2n) is 20.1. The van der Waals surface area contributed by atoms with Crippen LogP contribution in [0, 0.1) is 0 Å². The van der Waals surface area contributed by atoms with Crippen molar-refractivity contribution >= 4 is 90.0 Å². The predicted molar refractivity (Wildman–Crippen MR) is 322 cm³/mol. The topological polar surface area (TPSA) is 194 Å². The number of fused-ring (bicyclic) bond motifs is 4. The zero-order chi connectivity index (χ0) is 56.2. The summed E-state index contributed by atoms with van der Waals surface area (Å²) in [6.45, 7) is 10.9. The van der Waals surface area contributed by atoms with Crippen LogP contribution in [0.5, 0.6) is 0 Å². The molecule has 6 atom stereocenters. The van der Waals surface area contributed by atoms with Crippen molar-refractivity contribution in [1.29, 1.82) is 0 Å². The molecule has 20 heteroatoms. The van der Waals surface area contributed by atoms with Crippen LogP contribution in [-0.4, -0.2) is 115 Å². The number of carbonyl (C=O) groups excluding carboxylic acids is 4. The van der Waals surface area contributed by atoms with Crippen LogP contribution in [0.3, 0.4) is 0 Å². The van der Waals surface area contributed by atoms with Crippen LogP contribution in [0.25, 0.3) is 0 Å². The van der Waals surface area contributed by atoms with E-state index in [2.05, 4.69) is 58.2 Å². The Morgan fingerprint density at radius 2 is 1.19 bits per heavy atom. The van der Waals surface area contributed by atoms with Crippen LogP contribution in [0.1, 0.15) is 136 Å². The number of amides is 4. The summed E-state index contributed by atoms with van der Waals surface area (Å²) in [7, 11) is 3.14. The number of nitrogens with zero attached hydrogens (tertiary/aromatic N) is 9. The molecule has 2 saturated carbocycles. The molecular formula is C60H72BrN11O6S2. The second-order valence-corrected chi connectivity index (χ2v) is 24.4. The lowest BCUT2D eigenvalue weighted by atomic mass is 9.99. The van der Waals surface area contributed by atoms with E-state index in [0.717, 1.165) is 82.1 Å². The van der Waals surface area contributed by atoms with E-state index in [4.69, 9.17) is 4.98 Å². The first-order valence-corrected chi connectivity index (χ1v) is 30.5. The first-order chi connectivity index (χ1) is 38.1. The average Bonchev–Trinajstić information content (AvgIpc) is 4.56. The van der Waals surface area contributed by atoms with Crippen molar-refractivity contribution in [2.45, 2.75) is 127 Å². The summed E-state index contributed by atoms with van der Waals surface area (Å²) in [5.41, 5.74) is 6.13. The highest BCUT2D eigenvalue weighted by atomic mass is 79.9. The maximum atomic E-state index is 14.1. The van der Waals surface area contributed by atoms with E-state index in [1.54, 1.807) is 64.7 Å². The summed E-state index contributed by atoms with van der Waals surface area (Å²) in [4.78, 5) is 79.8. The summed E-state index contributed by atoms with van der Waals surface area (Å²) < 4.78 is 25.8. The largest absolute Gasteiger partial charge is 0.341 e. The molecule has 0 spiro atoms. The van der Waals surface area contributed by atoms with Gasteiger partial charge in [0.25, 0.3) is 11.8 Å². The van der Waals surface area contributed by atoms with Gasteiger partial charge in [-0.1, -0.05) is 71.0 Å². The molecule has 6 unspecified atom stereocenters. The second kappa shape index (κ2) is 25.8. The number of hydrogen-bond donors (Lipinski definition) is 2. The molecule has 2 aromatic carbocycles. The molecule has 12 rings (SSSR count). The smallest absolute Gasteiger partial charge is 0.261 e. The summed E-state index contributed by atoms with van der Waals surface area (Å²) in [6, 6.07) is 25.8. The molecule has 0 bridgehead atoms. The van der Waals surface area contributed by atoms with Gasteiger partial charge in [0.2, 0.25) is 11.8 Å². The number of hydrogen-bond acceptors (Lipinski definition) is 13. The van der Waals surface area contributed by atoms with E-state index in [0.29, 0.717) is 44.3 Å². The minimum Gasteiger partial charge on any atom is -0.341 e. The number of halogens is 1. The number of aromatic nitrogens is 4. The standard InChI is InChI=1S/C27H27N5O3S.C15H14N2O2S.C12H14BrN3O.C5H13N.CH4/c1-4-36(35)21-9-5-8-19-23(21)27(34)32(24(19)17-7-6-14-28-15-17)22-13-12-20-25(29-22)31(18-10-11-18)16(2)26(33)30(20)3;1-2-20(19)12-7-3-6-11-13(12)15(18)17-14(11)10-5-4-8-16-9-10;1-7-12(17)15(2)9-5-6-10(13)14-11(9)16(7)8-3-4-8;1-3-4-5-6-2;/h5-9,12-16,18,24H,4,10-11H2,1-3H3;3-9,14H,2H2,1H3,(H,17,18);5-8H,3-4H2,1-2H3;6H,3-5H2,1-2H3;1H4. The summed E-state index contributed by atoms with van der Waals surface area (Å²) in [5.74, 6) is 2.86. The van der Waals surface area contributed by atoms with E-state index in [9.17, 15) is 27.6 Å². The normalized spacial score (nSPS) is 20.3. The van der Waals surface area contributed by atoms with Crippen LogP contribution >= 0.6 is 15.9 Å². The minimum atomic E-state index is -1.29. The molecular weight excluding hydrogens is 1110 g/mol. The van der Waals surface area contributed by atoms with Crippen LogP contribution in [-0.2, 0) is 31.2 Å². The van der Waals surface area contributed by atoms with Gasteiger partial charge in [-0.15, -0.1) is 0 Å². The molecule has 422 valence electrons. The van der Waals surface area contributed by atoms with Crippen molar-refractivity contribution in [1.82, 2.24) is 30.6 Å². The number of unbranched alkanes of at least 4 members (excludes halogenated alkanes) is 1. The van der Waals surface area contributed by atoms with Gasteiger partial charge in [0.1, 0.15) is 22.5 Å². The third kappa shape index (κ3) is 11.9. The highest BCUT2D eigenvalue weighted by Gasteiger charge is 2.46. The number of anilines is 5. The third-order valence-electron chi connectivity index (χ3n) is 14.9. The number of nitrogens with one attached hydrogen (secondary N) is 2. The van der Waals surface area contributed by atoms with Gasteiger partial charge in [-0.05, 0) is 146 Å². The average molecular weight is 1190 g/mol. The number of benzene rings is 2. The van der Waals surface area contributed by atoms with E-state index in [1.165, 1.54) is 12.8 Å². The lowest BCUT2D eigenvalue weighted by Crippen LogP contribution is -2.52. The molecule has 8 heterocycles. The Morgan fingerprint density at radius 1 is 0.662 bits per heavy atom. The maximum absolute atomic E-state index is 14.1. The van der Waals surface area contributed by atoms with Crippen LogP contribution in [0.15, 0.2) is 124 Å². The van der Waals surface area contributed by atoms with Crippen LogP contribution in [0.4, 0.5) is 28.8 Å². The molecule has 4 aromatic heterocycles. The molecule has 17 nitrogen and oxygen atoms in total. The van der Waals surface area contributed by atoms with Gasteiger partial charge in [0.15, 0.2) is 11.6 Å². The van der Waals surface area contributed by atoms with Crippen molar-refractivity contribution in [2.75, 3.05) is 63.7 Å². The molecule has 0 radical (unpaired) electrons. The van der Waals surface area contributed by atoms with Crippen molar-refractivity contribution < 1.29 is 27.6 Å². The molecule has 6 aromatic rings. The van der Waals surface area contributed by atoms with E-state index in [-0.39, 0.29) is 55.2 Å². The molecule has 6 aliphatic rings. The Balaban J connectivity index is 0.000000161. The zero-order valence-corrected chi connectivity index (χ0v) is 49.1. The number of pyridine rings is 4. The molecule has 2 aliphatic carbocycles. The minimum absolute atomic E-state index is 0. The predicted octanol–water partition coefficient (Wildman–Crippen LogP) is 9.55. The van der Waals surface area contributed by atoms with Gasteiger partial charge in [-0.3, -0.25) is 42.5 Å². The highest BCUT2D eigenvalue weighted by Crippen LogP contribution is 2.47. The summed E-state index contributed by atoms with van der Waals surface area (Å²) >= 11 is 3.40. The van der Waals surface area contributed by atoms with Crippen molar-refractivity contribution in [3.05, 3.63) is 148 Å². The lowest BCUT2D eigenvalue weighted by Gasteiger charge is -2.40. The fourth-order valence-electron chi connectivity index (χ4n) is 10.6. The Labute approximate surface area is 483 Å². The maximum Gasteiger partial charge on any atom is 0.261 e. The van der Waals surface area contributed by atoms with Crippen LogP contribution in [0.2, 0.25) is 0 Å². The van der Waals surface area contributed by atoms with Gasteiger partial charge in [-0.2, -0.15) is 0 Å². The van der Waals surface area contributed by atoms with E-state index in [1.807, 2.05) is 109 Å². The van der Waals surface area contributed by atoms with Crippen LogP contribution < -0.4 is 35.1 Å². The fraction of sp³-hybridized carbons (Fsp3) is 0.400. The quantitative estimate of drug-likeness (QED) is 0.0870. The monoisotopic (exact) mass is 1190 g/mol. The van der Waals surface area contributed by atoms with Gasteiger partial charge in [-0.25, -0.2) is 9.97 Å². The lowest BCUT2D eigenvalue weighted by molar-refractivity contribution is -0.120. The number of likely N-dealkylation sites (N-methyl/N-ethyl adjacent to an activating group) is 2. The molecule has 2 fully saturated rings. The summed E-state index contributed by atoms with van der Waals surface area (Å²) in [6.07, 6.45) is 13.9. The first-order valence-electron chi connectivity index (χ1n) is 27.1. The zero-order valence-electron chi connectivity index (χ0n) is 45.9. The molecule has 80 heavy (non-hydrogen) atoms. The Hall–Kier alpha value is -6.74. The van der Waals surface area contributed by atoms with Crippen molar-refractivity contribution in [2.24, 2.45) is 0 Å². The molecule has 4 amide bonds. The Kier molecular flexibility index (Phi) is 19.2. The highest BCUT2D eigenvalue weighted by molar-refractivity contribution is 9.10. The summed E-state index contributed by atoms with van der Waals surface area (Å²) in [5, 5.41) is 6.01. The SMILES string of the molecule is C.CC1C(=O)N(C)c2ccc(Br)nc2N1C1CC1.CCCCNC.CCS(=O)c1cccc2c1C(=O)N(c1ccc3c(n1)N(C1CC1)C(C)C(=O)N3C)C2c1cccnc1.CCS(=O)c1cccc2c1C(=O)NC2c1cccnc1. The third-order valence-corrected chi connectivity index (χ3v) is 18.1. The van der Waals surface area contributed by atoms with Gasteiger partial charge >= 0.3 is 0 Å². The van der Waals surface area contributed by atoms with E-state index >= 15 is 0 Å². The van der Waals surface area contributed by atoms with Gasteiger partial charge in [0, 0.05) is 62.5 Å². The molecule has 4 aliphatic heterocycles. The van der Waals surface area contributed by atoms with E-state index < -0.39 is 27.6 Å². The van der Waals surface area contributed by atoms with Crippen molar-refractivity contribution in [3.63, 3.8) is 0 Å². The fourth-order valence-corrected chi connectivity index (χ4v) is 12.9. The Morgan fingerprint density at radius 3 is 1.69 bits per heavy atom. The van der Waals surface area contributed by atoms with Crippen molar-refractivity contribution in [3.8, 4) is 0 Å². The Bertz CT molecular complexity index is 3290. The number of carbonyl (C=O) groups is 4. The van der Waals surface area contributed by atoms with Gasteiger partial charge < -0.3 is 30.2 Å². The first kappa shape index (κ1) is 59.4. The molecule has 2 N–H and O–H groups in total. The number of rotatable bonds is 12. The molecule has 0 saturated heterocycles.